The summed E-state index contributed by atoms with van der Waals surface area (Å²) in [6.07, 6.45) is 4.48. The Hall–Kier alpha value is -0.300. The first-order chi connectivity index (χ1) is 4.19. The lowest BCUT2D eigenvalue weighted by Crippen LogP contribution is -2.18. The third-order valence-electron chi connectivity index (χ3n) is 2.45. The Labute approximate surface area is 56.4 Å². The fourth-order valence-corrected chi connectivity index (χ4v) is 1.25. The van der Waals surface area contributed by atoms with Gasteiger partial charge in [0, 0.05) is 5.41 Å². The van der Waals surface area contributed by atoms with Crippen molar-refractivity contribution in [3.8, 4) is 0 Å². The molecular formula is C8H14O. The van der Waals surface area contributed by atoms with Gasteiger partial charge >= 0.3 is 0 Å². The first kappa shape index (κ1) is 6.81. The summed E-state index contributed by atoms with van der Waals surface area (Å²) < 4.78 is 0. The number of rotatable bonds is 1. The minimum atomic E-state index is 0.111. The van der Waals surface area contributed by atoms with Crippen LogP contribution in [0.2, 0.25) is 0 Å². The van der Waals surface area contributed by atoms with E-state index in [1.165, 1.54) is 5.57 Å². The van der Waals surface area contributed by atoms with E-state index in [0.717, 1.165) is 12.8 Å². The van der Waals surface area contributed by atoms with Crippen molar-refractivity contribution in [2.45, 2.75) is 26.7 Å². The van der Waals surface area contributed by atoms with Crippen LogP contribution in [0.1, 0.15) is 26.7 Å². The van der Waals surface area contributed by atoms with Crippen LogP contribution in [-0.2, 0) is 0 Å². The summed E-state index contributed by atoms with van der Waals surface area (Å²) in [5, 5.41) is 8.95. The van der Waals surface area contributed by atoms with E-state index in [1.54, 1.807) is 0 Å². The second-order valence-electron chi connectivity index (χ2n) is 3.14. The molecule has 1 N–H and O–H groups in total. The van der Waals surface area contributed by atoms with Gasteiger partial charge in [-0.15, -0.1) is 0 Å². The lowest BCUT2D eigenvalue weighted by atomic mass is 9.85. The van der Waals surface area contributed by atoms with Crippen LogP contribution in [0.3, 0.4) is 0 Å². The Morgan fingerprint density at radius 3 is 2.67 bits per heavy atom. The predicted molar refractivity (Wildman–Crippen MR) is 38.2 cm³/mol. The Morgan fingerprint density at radius 2 is 2.44 bits per heavy atom. The molecule has 1 nitrogen and oxygen atoms in total. The van der Waals surface area contributed by atoms with Gasteiger partial charge in [-0.25, -0.2) is 0 Å². The molecule has 0 aromatic heterocycles. The Morgan fingerprint density at radius 1 is 1.78 bits per heavy atom. The number of aliphatic hydroxyl groups excluding tert-OH is 1. The van der Waals surface area contributed by atoms with Crippen molar-refractivity contribution < 1.29 is 5.11 Å². The molecular weight excluding hydrogens is 112 g/mol. The number of aliphatic hydroxyl groups is 1. The van der Waals surface area contributed by atoms with Gasteiger partial charge in [-0.3, -0.25) is 0 Å². The standard InChI is InChI=1S/C8H14O/c1-7-4-3-5-8(7,2)6-9/h4,9H,3,5-6H2,1-2H3. The third kappa shape index (κ3) is 1.01. The van der Waals surface area contributed by atoms with Crippen molar-refractivity contribution in [1.29, 1.82) is 0 Å². The molecule has 0 aliphatic heterocycles. The van der Waals surface area contributed by atoms with Crippen LogP contribution in [0.25, 0.3) is 0 Å². The van der Waals surface area contributed by atoms with Gasteiger partial charge in [0.15, 0.2) is 0 Å². The van der Waals surface area contributed by atoms with Gasteiger partial charge in [-0.1, -0.05) is 18.6 Å². The molecule has 9 heavy (non-hydrogen) atoms. The van der Waals surface area contributed by atoms with Gasteiger partial charge in [0.2, 0.25) is 0 Å². The van der Waals surface area contributed by atoms with Crippen LogP contribution in [0.5, 0.6) is 0 Å². The van der Waals surface area contributed by atoms with Crippen molar-refractivity contribution in [2.75, 3.05) is 6.61 Å². The van der Waals surface area contributed by atoms with Crippen molar-refractivity contribution in [1.82, 2.24) is 0 Å². The smallest absolute Gasteiger partial charge is 0.0522 e. The minimum absolute atomic E-state index is 0.111. The van der Waals surface area contributed by atoms with E-state index < -0.39 is 0 Å². The van der Waals surface area contributed by atoms with Crippen LogP contribution in [-0.4, -0.2) is 11.7 Å². The second kappa shape index (κ2) is 2.14. The zero-order valence-electron chi connectivity index (χ0n) is 6.15. The zero-order valence-corrected chi connectivity index (χ0v) is 6.15. The maximum Gasteiger partial charge on any atom is 0.0522 e. The number of hydrogen-bond acceptors (Lipinski definition) is 1. The lowest BCUT2D eigenvalue weighted by Gasteiger charge is -2.22. The Kier molecular flexibility index (Phi) is 1.62. The molecule has 1 aliphatic rings. The predicted octanol–water partition coefficient (Wildman–Crippen LogP) is 1.73. The molecule has 0 fully saturated rings. The largest absolute Gasteiger partial charge is 0.395 e. The van der Waals surface area contributed by atoms with Gasteiger partial charge in [0.1, 0.15) is 0 Å². The van der Waals surface area contributed by atoms with Gasteiger partial charge < -0.3 is 5.11 Å². The molecule has 1 atom stereocenters. The SMILES string of the molecule is CC1=CCCC1(C)CO. The number of hydrogen-bond donors (Lipinski definition) is 1. The topological polar surface area (TPSA) is 20.2 Å². The van der Waals surface area contributed by atoms with Crippen LogP contribution in [0.15, 0.2) is 11.6 Å². The van der Waals surface area contributed by atoms with E-state index in [4.69, 9.17) is 5.11 Å². The van der Waals surface area contributed by atoms with E-state index >= 15 is 0 Å². The van der Waals surface area contributed by atoms with Crippen LogP contribution < -0.4 is 0 Å². The average molecular weight is 126 g/mol. The quantitative estimate of drug-likeness (QED) is 0.530. The molecule has 1 unspecified atom stereocenters. The molecule has 0 heterocycles. The fraction of sp³-hybridized carbons (Fsp3) is 0.750. The minimum Gasteiger partial charge on any atom is -0.395 e. The van der Waals surface area contributed by atoms with Gasteiger partial charge in [-0.05, 0) is 19.8 Å². The molecule has 0 saturated heterocycles. The molecule has 0 spiro atoms. The Bertz CT molecular complexity index is 138. The molecule has 1 heteroatoms. The van der Waals surface area contributed by atoms with Crippen LogP contribution in [0, 0.1) is 5.41 Å². The summed E-state index contributed by atoms with van der Waals surface area (Å²) >= 11 is 0. The van der Waals surface area contributed by atoms with Gasteiger partial charge in [0.25, 0.3) is 0 Å². The highest BCUT2D eigenvalue weighted by Gasteiger charge is 2.28. The van der Waals surface area contributed by atoms with E-state index in [0.29, 0.717) is 6.61 Å². The maximum atomic E-state index is 8.95. The molecule has 0 amide bonds. The van der Waals surface area contributed by atoms with Crippen molar-refractivity contribution in [3.05, 3.63) is 11.6 Å². The van der Waals surface area contributed by atoms with E-state index in [2.05, 4.69) is 19.9 Å². The highest BCUT2D eigenvalue weighted by atomic mass is 16.3. The maximum absolute atomic E-state index is 8.95. The van der Waals surface area contributed by atoms with Gasteiger partial charge in [0.05, 0.1) is 6.61 Å². The average Bonchev–Trinajstić information content (AvgIpc) is 2.15. The summed E-state index contributed by atoms with van der Waals surface area (Å²) in [6, 6.07) is 0. The molecule has 1 rings (SSSR count). The van der Waals surface area contributed by atoms with E-state index in [-0.39, 0.29) is 5.41 Å². The summed E-state index contributed by atoms with van der Waals surface area (Å²) in [7, 11) is 0. The first-order valence-electron chi connectivity index (χ1n) is 3.47. The zero-order chi connectivity index (χ0) is 6.91. The summed E-state index contributed by atoms with van der Waals surface area (Å²) in [4.78, 5) is 0. The van der Waals surface area contributed by atoms with Crippen molar-refractivity contribution in [2.24, 2.45) is 5.41 Å². The third-order valence-corrected chi connectivity index (χ3v) is 2.45. The highest BCUT2D eigenvalue weighted by Crippen LogP contribution is 2.37. The lowest BCUT2D eigenvalue weighted by molar-refractivity contribution is 0.174. The molecule has 0 aromatic carbocycles. The summed E-state index contributed by atoms with van der Waals surface area (Å²) in [6.45, 7) is 4.52. The van der Waals surface area contributed by atoms with Crippen molar-refractivity contribution in [3.63, 3.8) is 0 Å². The molecule has 52 valence electrons. The van der Waals surface area contributed by atoms with Crippen LogP contribution in [0.4, 0.5) is 0 Å². The Balaban J connectivity index is 2.70. The first-order valence-corrected chi connectivity index (χ1v) is 3.47. The normalized spacial score (nSPS) is 34.8. The molecule has 0 bridgehead atoms. The fourth-order valence-electron chi connectivity index (χ4n) is 1.25. The van der Waals surface area contributed by atoms with E-state index in [9.17, 15) is 0 Å². The second-order valence-corrected chi connectivity index (χ2v) is 3.14. The molecule has 0 aromatic rings. The summed E-state index contributed by atoms with van der Waals surface area (Å²) in [5.74, 6) is 0. The van der Waals surface area contributed by atoms with Gasteiger partial charge in [-0.2, -0.15) is 0 Å². The molecule has 1 aliphatic carbocycles. The summed E-state index contributed by atoms with van der Waals surface area (Å²) in [5.41, 5.74) is 1.46. The molecule has 0 saturated carbocycles. The van der Waals surface area contributed by atoms with E-state index in [1.807, 2.05) is 0 Å². The van der Waals surface area contributed by atoms with Crippen LogP contribution >= 0.6 is 0 Å². The van der Waals surface area contributed by atoms with Crippen molar-refractivity contribution >= 4 is 0 Å². The molecule has 0 radical (unpaired) electrons. The highest BCUT2D eigenvalue weighted by molar-refractivity contribution is 5.16. The number of allylic oxidation sites excluding steroid dienone is 1. The monoisotopic (exact) mass is 126 g/mol.